The van der Waals surface area contributed by atoms with Crippen molar-refractivity contribution in [3.05, 3.63) is 23.8 Å². The Kier molecular flexibility index (Phi) is 6.13. The molecule has 0 saturated heterocycles. The number of halogens is 3. The van der Waals surface area contributed by atoms with E-state index in [0.717, 1.165) is 12.0 Å². The molecule has 1 atom stereocenters. The summed E-state index contributed by atoms with van der Waals surface area (Å²) in [6, 6.07) is 5.22. The summed E-state index contributed by atoms with van der Waals surface area (Å²) in [6.45, 7) is 1.55. The van der Waals surface area contributed by atoms with Crippen molar-refractivity contribution in [2.24, 2.45) is 5.73 Å². The van der Waals surface area contributed by atoms with Gasteiger partial charge in [0.1, 0.15) is 0 Å². The van der Waals surface area contributed by atoms with E-state index in [9.17, 15) is 13.2 Å². The molecule has 114 valence electrons. The second-order valence-electron chi connectivity index (χ2n) is 4.57. The molecule has 0 spiro atoms. The number of benzene rings is 1. The van der Waals surface area contributed by atoms with Crippen molar-refractivity contribution in [3.8, 4) is 11.5 Å². The molecule has 0 fully saturated rings. The van der Waals surface area contributed by atoms with Gasteiger partial charge in [-0.15, -0.1) is 0 Å². The highest BCUT2D eigenvalue weighted by molar-refractivity contribution is 5.43. The third kappa shape index (κ3) is 5.69. The summed E-state index contributed by atoms with van der Waals surface area (Å²) in [4.78, 5) is 0. The number of rotatable bonds is 7. The van der Waals surface area contributed by atoms with Crippen molar-refractivity contribution in [1.82, 2.24) is 0 Å². The zero-order valence-electron chi connectivity index (χ0n) is 11.7. The molecule has 0 radical (unpaired) electrons. The normalized spacial score (nSPS) is 13.1. The van der Waals surface area contributed by atoms with Gasteiger partial charge in [0.2, 0.25) is 0 Å². The Bertz CT molecular complexity index is 421. The summed E-state index contributed by atoms with van der Waals surface area (Å²) in [5.74, 6) is 0.735. The molecular weight excluding hydrogens is 271 g/mol. The van der Waals surface area contributed by atoms with Gasteiger partial charge in [0.25, 0.3) is 0 Å². The van der Waals surface area contributed by atoms with Crippen LogP contribution in [0.2, 0.25) is 0 Å². The second kappa shape index (κ2) is 7.38. The fourth-order valence-corrected chi connectivity index (χ4v) is 1.68. The number of methoxy groups -OCH3 is 1. The van der Waals surface area contributed by atoms with E-state index in [0.29, 0.717) is 17.9 Å². The van der Waals surface area contributed by atoms with E-state index in [4.69, 9.17) is 15.2 Å². The average Bonchev–Trinajstić information content (AvgIpc) is 2.37. The minimum Gasteiger partial charge on any atom is -0.493 e. The molecule has 1 aromatic carbocycles. The van der Waals surface area contributed by atoms with Crippen molar-refractivity contribution in [2.45, 2.75) is 38.4 Å². The maximum atomic E-state index is 12.1. The van der Waals surface area contributed by atoms with Crippen LogP contribution in [-0.2, 0) is 6.42 Å². The van der Waals surface area contributed by atoms with Crippen molar-refractivity contribution in [2.75, 3.05) is 13.7 Å². The maximum Gasteiger partial charge on any atom is 0.392 e. The number of alkyl halides is 3. The summed E-state index contributed by atoms with van der Waals surface area (Å²) in [5.41, 5.74) is 6.78. The SMILES string of the molecule is CCC(N)Cc1ccc(OC)c(OCCC(F)(F)F)c1. The first-order valence-corrected chi connectivity index (χ1v) is 6.47. The lowest BCUT2D eigenvalue weighted by molar-refractivity contribution is -0.139. The summed E-state index contributed by atoms with van der Waals surface area (Å²) in [7, 11) is 1.45. The van der Waals surface area contributed by atoms with Crippen LogP contribution in [0.3, 0.4) is 0 Å². The molecule has 1 aromatic rings. The van der Waals surface area contributed by atoms with E-state index in [1.54, 1.807) is 12.1 Å². The van der Waals surface area contributed by atoms with E-state index in [1.807, 2.05) is 13.0 Å². The van der Waals surface area contributed by atoms with Gasteiger partial charge in [0.15, 0.2) is 11.5 Å². The fraction of sp³-hybridized carbons (Fsp3) is 0.571. The predicted molar refractivity (Wildman–Crippen MR) is 71.1 cm³/mol. The summed E-state index contributed by atoms with van der Waals surface area (Å²) in [5, 5.41) is 0. The van der Waals surface area contributed by atoms with Crippen LogP contribution in [0.25, 0.3) is 0 Å². The first-order valence-electron chi connectivity index (χ1n) is 6.47. The zero-order chi connectivity index (χ0) is 15.2. The van der Waals surface area contributed by atoms with Crippen LogP contribution in [0, 0.1) is 0 Å². The minimum atomic E-state index is -4.23. The van der Waals surface area contributed by atoms with Crippen molar-refractivity contribution >= 4 is 0 Å². The van der Waals surface area contributed by atoms with Crippen LogP contribution < -0.4 is 15.2 Å². The molecule has 0 amide bonds. The quantitative estimate of drug-likeness (QED) is 0.838. The first-order chi connectivity index (χ1) is 9.35. The molecule has 0 heterocycles. The van der Waals surface area contributed by atoms with Gasteiger partial charge >= 0.3 is 6.18 Å². The standard InChI is InChI=1S/C14H20F3NO2/c1-3-11(18)8-10-4-5-12(19-2)13(9-10)20-7-6-14(15,16)17/h4-5,9,11H,3,6-8,18H2,1-2H3. The van der Waals surface area contributed by atoms with Gasteiger partial charge in [-0.3, -0.25) is 0 Å². The summed E-state index contributed by atoms with van der Waals surface area (Å²) < 4.78 is 46.6. The van der Waals surface area contributed by atoms with Crippen LogP contribution in [0.4, 0.5) is 13.2 Å². The average molecular weight is 291 g/mol. The predicted octanol–water partition coefficient (Wildman–Crippen LogP) is 3.31. The molecule has 0 saturated carbocycles. The minimum absolute atomic E-state index is 0.0198. The molecule has 3 nitrogen and oxygen atoms in total. The maximum absolute atomic E-state index is 12.1. The largest absolute Gasteiger partial charge is 0.493 e. The Hall–Kier alpha value is -1.43. The summed E-state index contributed by atoms with van der Waals surface area (Å²) in [6.07, 6.45) is -3.74. The van der Waals surface area contributed by atoms with Gasteiger partial charge in [-0.2, -0.15) is 13.2 Å². The Labute approximate surface area is 116 Å². The van der Waals surface area contributed by atoms with Gasteiger partial charge in [0, 0.05) is 6.04 Å². The van der Waals surface area contributed by atoms with Gasteiger partial charge in [-0.1, -0.05) is 13.0 Å². The van der Waals surface area contributed by atoms with Crippen molar-refractivity contribution in [1.29, 1.82) is 0 Å². The second-order valence-corrected chi connectivity index (χ2v) is 4.57. The Morgan fingerprint density at radius 1 is 1.25 bits per heavy atom. The van der Waals surface area contributed by atoms with E-state index in [2.05, 4.69) is 0 Å². The third-order valence-corrected chi connectivity index (χ3v) is 2.89. The highest BCUT2D eigenvalue weighted by atomic mass is 19.4. The Balaban J connectivity index is 2.73. The van der Waals surface area contributed by atoms with Crippen LogP contribution in [-0.4, -0.2) is 25.9 Å². The molecule has 0 aliphatic heterocycles. The van der Waals surface area contributed by atoms with E-state index < -0.39 is 19.2 Å². The lowest BCUT2D eigenvalue weighted by atomic mass is 10.0. The lowest BCUT2D eigenvalue weighted by Crippen LogP contribution is -2.21. The number of nitrogens with two attached hydrogens (primary N) is 1. The molecular formula is C14H20F3NO2. The van der Waals surface area contributed by atoms with Gasteiger partial charge in [0.05, 0.1) is 20.1 Å². The van der Waals surface area contributed by atoms with Crippen LogP contribution >= 0.6 is 0 Å². The van der Waals surface area contributed by atoms with Crippen LogP contribution in [0.5, 0.6) is 11.5 Å². The third-order valence-electron chi connectivity index (χ3n) is 2.89. The van der Waals surface area contributed by atoms with Gasteiger partial charge in [-0.25, -0.2) is 0 Å². The molecule has 20 heavy (non-hydrogen) atoms. The first kappa shape index (κ1) is 16.6. The van der Waals surface area contributed by atoms with Crippen molar-refractivity contribution in [3.63, 3.8) is 0 Å². The van der Waals surface area contributed by atoms with E-state index in [-0.39, 0.29) is 6.04 Å². The molecule has 1 rings (SSSR count). The smallest absolute Gasteiger partial charge is 0.392 e. The molecule has 1 unspecified atom stereocenters. The molecule has 0 bridgehead atoms. The van der Waals surface area contributed by atoms with Crippen LogP contribution in [0.1, 0.15) is 25.3 Å². The van der Waals surface area contributed by atoms with Gasteiger partial charge < -0.3 is 15.2 Å². The number of ether oxygens (including phenoxy) is 2. The monoisotopic (exact) mass is 291 g/mol. The zero-order valence-corrected chi connectivity index (χ0v) is 11.7. The van der Waals surface area contributed by atoms with Gasteiger partial charge in [-0.05, 0) is 30.5 Å². The topological polar surface area (TPSA) is 44.5 Å². The van der Waals surface area contributed by atoms with E-state index >= 15 is 0 Å². The molecule has 0 aromatic heterocycles. The van der Waals surface area contributed by atoms with Crippen molar-refractivity contribution < 1.29 is 22.6 Å². The Morgan fingerprint density at radius 2 is 1.95 bits per heavy atom. The fourth-order valence-electron chi connectivity index (χ4n) is 1.68. The van der Waals surface area contributed by atoms with Crippen LogP contribution in [0.15, 0.2) is 18.2 Å². The highest BCUT2D eigenvalue weighted by Crippen LogP contribution is 2.29. The number of hydrogen-bond acceptors (Lipinski definition) is 3. The highest BCUT2D eigenvalue weighted by Gasteiger charge is 2.27. The molecule has 2 N–H and O–H groups in total. The molecule has 6 heteroatoms. The Morgan fingerprint density at radius 3 is 2.50 bits per heavy atom. The lowest BCUT2D eigenvalue weighted by Gasteiger charge is -2.14. The number of hydrogen-bond donors (Lipinski definition) is 1. The molecule has 0 aliphatic rings. The van der Waals surface area contributed by atoms with E-state index in [1.165, 1.54) is 7.11 Å². The summed E-state index contributed by atoms with van der Waals surface area (Å²) >= 11 is 0. The molecule has 0 aliphatic carbocycles.